The molecule has 27 heavy (non-hydrogen) atoms. The summed E-state index contributed by atoms with van der Waals surface area (Å²) in [6, 6.07) is 12.3. The van der Waals surface area contributed by atoms with Gasteiger partial charge in [0, 0.05) is 12.5 Å². The van der Waals surface area contributed by atoms with Crippen molar-refractivity contribution >= 4 is 29.2 Å². The largest absolute Gasteiger partial charge is 0.452 e. The van der Waals surface area contributed by atoms with Crippen molar-refractivity contribution < 1.29 is 19.1 Å². The average molecular weight is 366 g/mol. The Morgan fingerprint density at radius 2 is 1.93 bits per heavy atom. The SMILES string of the molecule is Cc1ccc(C)c(C(=O)OCC(=O)N2c3ccccc3NC(=O)C[C@H]2C)c1. The summed E-state index contributed by atoms with van der Waals surface area (Å²) < 4.78 is 5.27. The molecule has 1 aliphatic heterocycles. The molecule has 140 valence electrons. The van der Waals surface area contributed by atoms with Gasteiger partial charge >= 0.3 is 5.97 Å². The molecule has 2 aromatic carbocycles. The van der Waals surface area contributed by atoms with Gasteiger partial charge in [-0.05, 0) is 44.5 Å². The van der Waals surface area contributed by atoms with Crippen LogP contribution < -0.4 is 10.2 Å². The second-order valence-electron chi connectivity index (χ2n) is 6.78. The minimum atomic E-state index is -0.533. The van der Waals surface area contributed by atoms with E-state index < -0.39 is 5.97 Å². The number of ether oxygens (including phenoxy) is 1. The highest BCUT2D eigenvalue weighted by Crippen LogP contribution is 2.31. The van der Waals surface area contributed by atoms with E-state index in [1.54, 1.807) is 37.3 Å². The lowest BCUT2D eigenvalue weighted by molar-refractivity contribution is -0.122. The van der Waals surface area contributed by atoms with Crippen LogP contribution in [0, 0.1) is 13.8 Å². The van der Waals surface area contributed by atoms with Gasteiger partial charge in [-0.15, -0.1) is 0 Å². The number of esters is 1. The minimum Gasteiger partial charge on any atom is -0.452 e. The quantitative estimate of drug-likeness (QED) is 0.847. The molecule has 0 unspecified atom stereocenters. The molecular weight excluding hydrogens is 344 g/mol. The average Bonchev–Trinajstić information content (AvgIpc) is 2.75. The summed E-state index contributed by atoms with van der Waals surface area (Å²) in [7, 11) is 0. The highest BCUT2D eigenvalue weighted by Gasteiger charge is 2.30. The second kappa shape index (κ2) is 7.61. The molecule has 0 saturated heterocycles. The summed E-state index contributed by atoms with van der Waals surface area (Å²) in [4.78, 5) is 38.7. The van der Waals surface area contributed by atoms with Crippen molar-refractivity contribution in [3.63, 3.8) is 0 Å². The highest BCUT2D eigenvalue weighted by atomic mass is 16.5. The van der Waals surface area contributed by atoms with Crippen LogP contribution in [0.25, 0.3) is 0 Å². The van der Waals surface area contributed by atoms with Crippen molar-refractivity contribution in [2.24, 2.45) is 0 Å². The molecule has 0 bridgehead atoms. The van der Waals surface area contributed by atoms with Crippen molar-refractivity contribution in [1.82, 2.24) is 0 Å². The first kappa shape index (κ1) is 18.6. The molecule has 0 spiro atoms. The van der Waals surface area contributed by atoms with Gasteiger partial charge in [-0.2, -0.15) is 0 Å². The van der Waals surface area contributed by atoms with Crippen LogP contribution in [-0.2, 0) is 14.3 Å². The number of carbonyl (C=O) groups excluding carboxylic acids is 3. The van der Waals surface area contributed by atoms with Crippen molar-refractivity contribution in [2.75, 3.05) is 16.8 Å². The van der Waals surface area contributed by atoms with Crippen LogP contribution in [0.2, 0.25) is 0 Å². The fourth-order valence-corrected chi connectivity index (χ4v) is 3.20. The van der Waals surface area contributed by atoms with Crippen LogP contribution in [0.3, 0.4) is 0 Å². The van der Waals surface area contributed by atoms with E-state index in [2.05, 4.69) is 5.32 Å². The molecule has 0 aromatic heterocycles. The predicted molar refractivity (Wildman–Crippen MR) is 103 cm³/mol. The topological polar surface area (TPSA) is 75.7 Å². The third-order valence-corrected chi connectivity index (χ3v) is 4.57. The maximum Gasteiger partial charge on any atom is 0.338 e. The molecule has 1 atom stereocenters. The maximum atomic E-state index is 12.8. The first-order valence-corrected chi connectivity index (χ1v) is 8.82. The van der Waals surface area contributed by atoms with Gasteiger partial charge in [0.25, 0.3) is 5.91 Å². The fraction of sp³-hybridized carbons (Fsp3) is 0.286. The van der Waals surface area contributed by atoms with Crippen molar-refractivity contribution in [3.05, 3.63) is 59.2 Å². The van der Waals surface area contributed by atoms with Gasteiger partial charge in [0.15, 0.2) is 6.61 Å². The summed E-state index contributed by atoms with van der Waals surface area (Å²) in [6.07, 6.45) is 0.172. The minimum absolute atomic E-state index is 0.155. The van der Waals surface area contributed by atoms with Crippen LogP contribution in [-0.4, -0.2) is 30.4 Å². The lowest BCUT2D eigenvalue weighted by Gasteiger charge is -2.27. The fourth-order valence-electron chi connectivity index (χ4n) is 3.20. The van der Waals surface area contributed by atoms with E-state index in [-0.39, 0.29) is 30.9 Å². The summed E-state index contributed by atoms with van der Waals surface area (Å²) in [6.45, 7) is 5.12. The zero-order chi connectivity index (χ0) is 19.6. The third-order valence-electron chi connectivity index (χ3n) is 4.57. The molecule has 1 aliphatic rings. The van der Waals surface area contributed by atoms with Gasteiger partial charge < -0.3 is 15.0 Å². The number of carbonyl (C=O) groups is 3. The van der Waals surface area contributed by atoms with E-state index >= 15 is 0 Å². The number of para-hydroxylation sites is 2. The highest BCUT2D eigenvalue weighted by molar-refractivity contribution is 6.05. The number of fused-ring (bicyclic) bond motifs is 1. The molecule has 1 heterocycles. The standard InChI is InChI=1S/C21H22N2O4/c1-13-8-9-14(2)16(10-13)21(26)27-12-20(25)23-15(3)11-19(24)22-17-6-4-5-7-18(17)23/h4-10,15H,11-12H2,1-3H3,(H,22,24)/t15-/m1/s1. The van der Waals surface area contributed by atoms with Gasteiger partial charge in [-0.1, -0.05) is 29.8 Å². The Labute approximate surface area is 158 Å². The molecule has 6 nitrogen and oxygen atoms in total. The molecule has 1 N–H and O–H groups in total. The van der Waals surface area contributed by atoms with Crippen LogP contribution in [0.1, 0.15) is 34.8 Å². The van der Waals surface area contributed by atoms with Gasteiger partial charge in [0.05, 0.1) is 16.9 Å². The Balaban J connectivity index is 1.78. The van der Waals surface area contributed by atoms with E-state index in [0.717, 1.165) is 11.1 Å². The zero-order valence-corrected chi connectivity index (χ0v) is 15.6. The molecule has 0 saturated carbocycles. The first-order chi connectivity index (χ1) is 12.9. The molecule has 2 amide bonds. The number of hydrogen-bond donors (Lipinski definition) is 1. The molecule has 0 aliphatic carbocycles. The molecule has 0 fully saturated rings. The van der Waals surface area contributed by atoms with E-state index in [0.29, 0.717) is 16.9 Å². The van der Waals surface area contributed by atoms with Crippen LogP contribution in [0.5, 0.6) is 0 Å². The summed E-state index contributed by atoms with van der Waals surface area (Å²) in [5, 5.41) is 2.80. The Bertz CT molecular complexity index is 907. The van der Waals surface area contributed by atoms with E-state index in [1.165, 1.54) is 4.90 Å². The zero-order valence-electron chi connectivity index (χ0n) is 15.6. The molecular formula is C21H22N2O4. The number of amides is 2. The van der Waals surface area contributed by atoms with Gasteiger partial charge in [0.2, 0.25) is 5.91 Å². The van der Waals surface area contributed by atoms with Crippen molar-refractivity contribution in [1.29, 1.82) is 0 Å². The van der Waals surface area contributed by atoms with Crippen LogP contribution >= 0.6 is 0 Å². The number of rotatable bonds is 3. The first-order valence-electron chi connectivity index (χ1n) is 8.82. The van der Waals surface area contributed by atoms with Crippen LogP contribution in [0.4, 0.5) is 11.4 Å². The number of anilines is 2. The monoisotopic (exact) mass is 366 g/mol. The van der Waals surface area contributed by atoms with Crippen LogP contribution in [0.15, 0.2) is 42.5 Å². The summed E-state index contributed by atoms with van der Waals surface area (Å²) >= 11 is 0. The van der Waals surface area contributed by atoms with E-state index in [1.807, 2.05) is 26.0 Å². The smallest absolute Gasteiger partial charge is 0.338 e. The molecule has 6 heteroatoms. The molecule has 0 radical (unpaired) electrons. The third kappa shape index (κ3) is 4.00. The Morgan fingerprint density at radius 3 is 2.70 bits per heavy atom. The van der Waals surface area contributed by atoms with E-state index in [4.69, 9.17) is 4.74 Å². The lowest BCUT2D eigenvalue weighted by atomic mass is 10.1. The number of aryl methyl sites for hydroxylation is 2. The Hall–Kier alpha value is -3.15. The summed E-state index contributed by atoms with van der Waals surface area (Å²) in [5.41, 5.74) is 3.36. The predicted octanol–water partition coefficient (Wildman–Crippen LogP) is 3.22. The second-order valence-corrected chi connectivity index (χ2v) is 6.78. The Kier molecular flexibility index (Phi) is 5.26. The Morgan fingerprint density at radius 1 is 1.19 bits per heavy atom. The normalized spacial score (nSPS) is 16.2. The molecule has 2 aromatic rings. The number of nitrogens with one attached hydrogen (secondary N) is 1. The maximum absolute atomic E-state index is 12.8. The van der Waals surface area contributed by atoms with Crippen molar-refractivity contribution in [2.45, 2.75) is 33.2 Å². The van der Waals surface area contributed by atoms with E-state index in [9.17, 15) is 14.4 Å². The number of benzene rings is 2. The van der Waals surface area contributed by atoms with Gasteiger partial charge in [-0.25, -0.2) is 4.79 Å². The van der Waals surface area contributed by atoms with Gasteiger partial charge in [-0.3, -0.25) is 9.59 Å². The number of nitrogens with zero attached hydrogens (tertiary/aromatic N) is 1. The van der Waals surface area contributed by atoms with Gasteiger partial charge in [0.1, 0.15) is 0 Å². The lowest BCUT2D eigenvalue weighted by Crippen LogP contribution is -2.41. The van der Waals surface area contributed by atoms with Crippen molar-refractivity contribution in [3.8, 4) is 0 Å². The summed E-state index contributed by atoms with van der Waals surface area (Å²) in [5.74, 6) is -1.06. The molecule has 3 rings (SSSR count). The number of hydrogen-bond acceptors (Lipinski definition) is 4.